The minimum atomic E-state index is 0.661. The average Bonchev–Trinajstić information content (AvgIpc) is 3.28. The Bertz CT molecular complexity index is 815. The van der Waals surface area contributed by atoms with Crippen molar-refractivity contribution in [1.29, 1.82) is 0 Å². The summed E-state index contributed by atoms with van der Waals surface area (Å²) in [5.74, 6) is 2.79. The van der Waals surface area contributed by atoms with Crippen molar-refractivity contribution in [2.75, 3.05) is 31.6 Å². The molecule has 1 aromatic heterocycles. The summed E-state index contributed by atoms with van der Waals surface area (Å²) in [5.41, 5.74) is 3.54. The third-order valence-electron chi connectivity index (χ3n) is 5.05. The lowest BCUT2D eigenvalue weighted by molar-refractivity contribution is 0.313. The lowest BCUT2D eigenvalue weighted by atomic mass is 10.1. The molecule has 1 aliphatic heterocycles. The lowest BCUT2D eigenvalue weighted by Gasteiger charge is -2.18. The van der Waals surface area contributed by atoms with Gasteiger partial charge < -0.3 is 20.3 Å². The van der Waals surface area contributed by atoms with Crippen molar-refractivity contribution in [3.63, 3.8) is 0 Å². The second-order valence-electron chi connectivity index (χ2n) is 7.46. The molecule has 1 aromatic carbocycles. The molecular weight excluding hydrogens is 362 g/mol. The standard InChI is InChI=1S/C23H33N5O/c1-4-13-29-21-14-18(2)7-8-20(21)17-27-23(24-3)26-16-19-9-10-25-22(15-19)28-11-5-6-12-28/h7-10,14-15H,4-6,11-13,16-17H2,1-3H3,(H2,24,26,27). The van der Waals surface area contributed by atoms with E-state index in [1.807, 2.05) is 6.20 Å². The summed E-state index contributed by atoms with van der Waals surface area (Å²) < 4.78 is 5.91. The molecule has 156 valence electrons. The van der Waals surface area contributed by atoms with Gasteiger partial charge in [0.2, 0.25) is 0 Å². The second kappa shape index (κ2) is 10.7. The number of ether oxygens (including phenoxy) is 1. The Morgan fingerprint density at radius 3 is 2.69 bits per heavy atom. The van der Waals surface area contributed by atoms with Crippen molar-refractivity contribution in [1.82, 2.24) is 15.6 Å². The van der Waals surface area contributed by atoms with Gasteiger partial charge >= 0.3 is 0 Å². The van der Waals surface area contributed by atoms with Crippen LogP contribution in [0.25, 0.3) is 0 Å². The highest BCUT2D eigenvalue weighted by Gasteiger charge is 2.13. The van der Waals surface area contributed by atoms with E-state index in [0.29, 0.717) is 13.1 Å². The molecular formula is C23H33N5O. The van der Waals surface area contributed by atoms with E-state index in [1.165, 1.54) is 24.0 Å². The van der Waals surface area contributed by atoms with E-state index in [4.69, 9.17) is 4.74 Å². The molecule has 0 saturated carbocycles. The number of aromatic nitrogens is 1. The van der Waals surface area contributed by atoms with Crippen LogP contribution in [0.3, 0.4) is 0 Å². The largest absolute Gasteiger partial charge is 0.493 e. The van der Waals surface area contributed by atoms with Gasteiger partial charge in [-0.2, -0.15) is 0 Å². The molecule has 1 saturated heterocycles. The van der Waals surface area contributed by atoms with Crippen molar-refractivity contribution in [2.45, 2.75) is 46.2 Å². The smallest absolute Gasteiger partial charge is 0.191 e. The van der Waals surface area contributed by atoms with Crippen molar-refractivity contribution in [2.24, 2.45) is 4.99 Å². The zero-order valence-electron chi connectivity index (χ0n) is 17.9. The van der Waals surface area contributed by atoms with Gasteiger partial charge in [-0.1, -0.05) is 19.1 Å². The van der Waals surface area contributed by atoms with Gasteiger partial charge in [0.25, 0.3) is 0 Å². The number of guanidine groups is 1. The maximum Gasteiger partial charge on any atom is 0.191 e. The summed E-state index contributed by atoms with van der Waals surface area (Å²) >= 11 is 0. The zero-order chi connectivity index (χ0) is 20.5. The molecule has 0 unspecified atom stereocenters. The van der Waals surface area contributed by atoms with Crippen molar-refractivity contribution >= 4 is 11.8 Å². The number of hydrogen-bond donors (Lipinski definition) is 2. The predicted octanol–water partition coefficient (Wildman–Crippen LogP) is 3.64. The first-order chi connectivity index (χ1) is 14.2. The molecule has 2 aromatic rings. The molecule has 2 heterocycles. The van der Waals surface area contributed by atoms with Gasteiger partial charge in [0.1, 0.15) is 11.6 Å². The van der Waals surface area contributed by atoms with Gasteiger partial charge in [-0.15, -0.1) is 0 Å². The molecule has 6 nitrogen and oxygen atoms in total. The second-order valence-corrected chi connectivity index (χ2v) is 7.46. The van der Waals surface area contributed by atoms with Crippen LogP contribution >= 0.6 is 0 Å². The van der Waals surface area contributed by atoms with Gasteiger partial charge in [-0.3, -0.25) is 4.99 Å². The topological polar surface area (TPSA) is 61.8 Å². The van der Waals surface area contributed by atoms with Crippen LogP contribution < -0.4 is 20.3 Å². The van der Waals surface area contributed by atoms with E-state index in [0.717, 1.165) is 49.2 Å². The Labute approximate surface area is 174 Å². The van der Waals surface area contributed by atoms with Crippen molar-refractivity contribution < 1.29 is 4.74 Å². The minimum Gasteiger partial charge on any atom is -0.493 e. The summed E-state index contributed by atoms with van der Waals surface area (Å²) in [6.45, 7) is 8.50. The van der Waals surface area contributed by atoms with Crippen LogP contribution in [0, 0.1) is 6.92 Å². The van der Waals surface area contributed by atoms with Crippen LogP contribution in [0.5, 0.6) is 5.75 Å². The van der Waals surface area contributed by atoms with Crippen LogP contribution in [-0.2, 0) is 13.1 Å². The van der Waals surface area contributed by atoms with Crippen molar-refractivity contribution in [3.8, 4) is 5.75 Å². The predicted molar refractivity (Wildman–Crippen MR) is 120 cm³/mol. The number of anilines is 1. The molecule has 0 aliphatic carbocycles. The highest BCUT2D eigenvalue weighted by Crippen LogP contribution is 2.21. The summed E-state index contributed by atoms with van der Waals surface area (Å²) in [6, 6.07) is 10.5. The van der Waals surface area contributed by atoms with Crippen molar-refractivity contribution in [3.05, 3.63) is 53.2 Å². The van der Waals surface area contributed by atoms with Crippen LogP contribution in [0.2, 0.25) is 0 Å². The Morgan fingerprint density at radius 1 is 1.14 bits per heavy atom. The van der Waals surface area contributed by atoms with Gasteiger partial charge in [0, 0.05) is 45.0 Å². The molecule has 1 fully saturated rings. The number of aryl methyl sites for hydroxylation is 1. The fourth-order valence-corrected chi connectivity index (χ4v) is 3.43. The monoisotopic (exact) mass is 395 g/mol. The fourth-order valence-electron chi connectivity index (χ4n) is 3.43. The van der Waals surface area contributed by atoms with E-state index in [2.05, 4.69) is 69.7 Å². The third kappa shape index (κ3) is 6.11. The molecule has 29 heavy (non-hydrogen) atoms. The van der Waals surface area contributed by atoms with Gasteiger partial charge in [0.15, 0.2) is 5.96 Å². The van der Waals surface area contributed by atoms with E-state index >= 15 is 0 Å². The quantitative estimate of drug-likeness (QED) is 0.528. The maximum atomic E-state index is 5.91. The first kappa shape index (κ1) is 21.0. The molecule has 3 rings (SSSR count). The first-order valence-corrected chi connectivity index (χ1v) is 10.6. The number of nitrogens with one attached hydrogen (secondary N) is 2. The highest BCUT2D eigenvalue weighted by atomic mass is 16.5. The summed E-state index contributed by atoms with van der Waals surface area (Å²) in [7, 11) is 1.79. The Balaban J connectivity index is 1.56. The normalized spacial score (nSPS) is 14.2. The molecule has 0 amide bonds. The van der Waals surface area contributed by atoms with Crippen LogP contribution in [-0.4, -0.2) is 37.7 Å². The number of pyridine rings is 1. The van der Waals surface area contributed by atoms with E-state index in [-0.39, 0.29) is 0 Å². The fraction of sp³-hybridized carbons (Fsp3) is 0.478. The lowest BCUT2D eigenvalue weighted by Crippen LogP contribution is -2.36. The zero-order valence-corrected chi connectivity index (χ0v) is 17.9. The maximum absolute atomic E-state index is 5.91. The molecule has 0 atom stereocenters. The van der Waals surface area contributed by atoms with Crippen LogP contribution in [0.4, 0.5) is 5.82 Å². The SMILES string of the molecule is CCCOc1cc(C)ccc1CNC(=NC)NCc1ccnc(N2CCCC2)c1. The van der Waals surface area contributed by atoms with Gasteiger partial charge in [-0.25, -0.2) is 4.98 Å². The molecule has 6 heteroatoms. The summed E-state index contributed by atoms with van der Waals surface area (Å²) in [4.78, 5) is 11.2. The summed E-state index contributed by atoms with van der Waals surface area (Å²) in [5, 5.41) is 6.79. The molecule has 0 radical (unpaired) electrons. The minimum absolute atomic E-state index is 0.661. The summed E-state index contributed by atoms with van der Waals surface area (Å²) in [6.07, 6.45) is 5.40. The van der Waals surface area contributed by atoms with Crippen LogP contribution in [0.15, 0.2) is 41.5 Å². The molecule has 2 N–H and O–H groups in total. The Hall–Kier alpha value is -2.76. The molecule has 0 bridgehead atoms. The van der Waals surface area contributed by atoms with E-state index in [1.54, 1.807) is 7.05 Å². The third-order valence-corrected chi connectivity index (χ3v) is 5.05. The number of rotatable bonds is 8. The average molecular weight is 396 g/mol. The molecule has 0 spiro atoms. The Morgan fingerprint density at radius 2 is 1.93 bits per heavy atom. The van der Waals surface area contributed by atoms with Gasteiger partial charge in [0.05, 0.1) is 6.61 Å². The van der Waals surface area contributed by atoms with E-state index in [9.17, 15) is 0 Å². The number of nitrogens with zero attached hydrogens (tertiary/aromatic N) is 3. The number of hydrogen-bond acceptors (Lipinski definition) is 4. The number of benzene rings is 1. The van der Waals surface area contributed by atoms with Crippen LogP contribution in [0.1, 0.15) is 42.9 Å². The first-order valence-electron chi connectivity index (χ1n) is 10.6. The van der Waals surface area contributed by atoms with Gasteiger partial charge in [-0.05, 0) is 55.5 Å². The van der Waals surface area contributed by atoms with E-state index < -0.39 is 0 Å². The highest BCUT2D eigenvalue weighted by molar-refractivity contribution is 5.79. The number of aliphatic imine (C=N–C) groups is 1. The molecule has 1 aliphatic rings. The Kier molecular flexibility index (Phi) is 7.73.